The molecule has 7 heteroatoms. The highest BCUT2D eigenvalue weighted by Crippen LogP contribution is 2.17. The van der Waals surface area contributed by atoms with E-state index >= 15 is 0 Å². The van der Waals surface area contributed by atoms with Gasteiger partial charge in [0.05, 0.1) is 11.5 Å². The van der Waals surface area contributed by atoms with Crippen LogP contribution in [-0.4, -0.2) is 39.0 Å². The Bertz CT molecular complexity index is 619. The molecule has 2 rings (SSSR count). The fraction of sp³-hybridized carbons (Fsp3) is 0.533. The maximum Gasteiger partial charge on any atom is 0.314 e. The Labute approximate surface area is 130 Å². The number of hydrogen-bond acceptors (Lipinski definition) is 3. The predicted octanol–water partition coefficient (Wildman–Crippen LogP) is 1.49. The Kier molecular flexibility index (Phi) is 5.76. The first-order valence-corrected chi connectivity index (χ1v) is 9.23. The SMILES string of the molecule is O=C(NCCCc1cccc(F)c1)NCC1CCS(=O)(=O)C1. The summed E-state index contributed by atoms with van der Waals surface area (Å²) in [6.45, 7) is 0.875. The molecule has 1 aromatic rings. The van der Waals surface area contributed by atoms with Gasteiger partial charge in [0.2, 0.25) is 0 Å². The molecule has 0 radical (unpaired) electrons. The van der Waals surface area contributed by atoms with Gasteiger partial charge in [0, 0.05) is 13.1 Å². The fourth-order valence-electron chi connectivity index (χ4n) is 2.52. The Morgan fingerprint density at radius 2 is 2.14 bits per heavy atom. The lowest BCUT2D eigenvalue weighted by Gasteiger charge is -2.11. The van der Waals surface area contributed by atoms with Crippen molar-refractivity contribution < 1.29 is 17.6 Å². The summed E-state index contributed by atoms with van der Waals surface area (Å²) in [7, 11) is -2.90. The van der Waals surface area contributed by atoms with Crippen LogP contribution in [0.15, 0.2) is 24.3 Å². The minimum atomic E-state index is -2.90. The molecule has 1 unspecified atom stereocenters. The molecule has 1 aromatic carbocycles. The van der Waals surface area contributed by atoms with Crippen LogP contribution in [0.3, 0.4) is 0 Å². The molecule has 2 amide bonds. The standard InChI is InChI=1S/C15H21FN2O3S/c16-14-5-1-3-12(9-14)4-2-7-17-15(19)18-10-13-6-8-22(20,21)11-13/h1,3,5,9,13H,2,4,6-8,10-11H2,(H2,17,18,19). The van der Waals surface area contributed by atoms with E-state index in [9.17, 15) is 17.6 Å². The molecule has 122 valence electrons. The van der Waals surface area contributed by atoms with Crippen molar-refractivity contribution in [2.24, 2.45) is 5.92 Å². The van der Waals surface area contributed by atoms with E-state index in [0.29, 0.717) is 32.4 Å². The van der Waals surface area contributed by atoms with Crippen LogP contribution in [0.5, 0.6) is 0 Å². The minimum Gasteiger partial charge on any atom is -0.338 e. The van der Waals surface area contributed by atoms with Gasteiger partial charge in [-0.25, -0.2) is 17.6 Å². The van der Waals surface area contributed by atoms with E-state index in [2.05, 4.69) is 10.6 Å². The van der Waals surface area contributed by atoms with Crippen LogP contribution in [0.25, 0.3) is 0 Å². The third-order valence-electron chi connectivity index (χ3n) is 3.69. The van der Waals surface area contributed by atoms with Crippen LogP contribution in [0.1, 0.15) is 18.4 Å². The maximum absolute atomic E-state index is 13.0. The smallest absolute Gasteiger partial charge is 0.314 e. The molecule has 1 heterocycles. The molecule has 0 aromatic heterocycles. The van der Waals surface area contributed by atoms with Crippen molar-refractivity contribution in [2.75, 3.05) is 24.6 Å². The van der Waals surface area contributed by atoms with E-state index < -0.39 is 9.84 Å². The molecule has 22 heavy (non-hydrogen) atoms. The highest BCUT2D eigenvalue weighted by molar-refractivity contribution is 7.91. The first-order chi connectivity index (χ1) is 10.4. The number of amides is 2. The molecule has 1 atom stereocenters. The van der Waals surface area contributed by atoms with Crippen molar-refractivity contribution in [1.82, 2.24) is 10.6 Å². The van der Waals surface area contributed by atoms with Gasteiger partial charge in [0.15, 0.2) is 9.84 Å². The lowest BCUT2D eigenvalue weighted by atomic mass is 10.1. The monoisotopic (exact) mass is 328 g/mol. The van der Waals surface area contributed by atoms with Gasteiger partial charge in [0.25, 0.3) is 0 Å². The summed E-state index contributed by atoms with van der Waals surface area (Å²) in [6.07, 6.45) is 2.02. The predicted molar refractivity (Wildman–Crippen MR) is 82.9 cm³/mol. The number of rotatable bonds is 6. The number of carbonyl (C=O) groups excluding carboxylic acids is 1. The fourth-order valence-corrected chi connectivity index (χ4v) is 4.38. The van der Waals surface area contributed by atoms with Gasteiger partial charge in [-0.1, -0.05) is 12.1 Å². The zero-order valence-electron chi connectivity index (χ0n) is 12.3. The van der Waals surface area contributed by atoms with E-state index in [0.717, 1.165) is 5.56 Å². The summed E-state index contributed by atoms with van der Waals surface area (Å²) < 4.78 is 35.6. The number of urea groups is 1. The van der Waals surface area contributed by atoms with Gasteiger partial charge >= 0.3 is 6.03 Å². The van der Waals surface area contributed by atoms with Crippen molar-refractivity contribution in [2.45, 2.75) is 19.3 Å². The third-order valence-corrected chi connectivity index (χ3v) is 5.53. The molecule has 0 aliphatic carbocycles. The van der Waals surface area contributed by atoms with Gasteiger partial charge in [-0.15, -0.1) is 0 Å². The largest absolute Gasteiger partial charge is 0.338 e. The number of benzene rings is 1. The number of nitrogens with one attached hydrogen (secondary N) is 2. The van der Waals surface area contributed by atoms with E-state index in [-0.39, 0.29) is 29.3 Å². The van der Waals surface area contributed by atoms with Crippen LogP contribution < -0.4 is 10.6 Å². The molecule has 1 fully saturated rings. The number of carbonyl (C=O) groups is 1. The molecule has 1 aliphatic heterocycles. The lowest BCUT2D eigenvalue weighted by molar-refractivity contribution is 0.239. The molecule has 0 bridgehead atoms. The molecular weight excluding hydrogens is 307 g/mol. The van der Waals surface area contributed by atoms with Gasteiger partial charge in [0.1, 0.15) is 5.82 Å². The van der Waals surface area contributed by atoms with E-state index in [1.165, 1.54) is 12.1 Å². The van der Waals surface area contributed by atoms with Gasteiger partial charge in [-0.05, 0) is 42.9 Å². The quantitative estimate of drug-likeness (QED) is 0.777. The zero-order valence-corrected chi connectivity index (χ0v) is 13.2. The first-order valence-electron chi connectivity index (χ1n) is 7.41. The summed E-state index contributed by atoms with van der Waals surface area (Å²) in [5, 5.41) is 5.41. The Hall–Kier alpha value is -1.63. The van der Waals surface area contributed by atoms with Crippen LogP contribution in [0, 0.1) is 11.7 Å². The summed E-state index contributed by atoms with van der Waals surface area (Å²) in [4.78, 5) is 11.6. The number of sulfone groups is 1. The summed E-state index contributed by atoms with van der Waals surface area (Å²) in [5.74, 6) is 0.138. The van der Waals surface area contributed by atoms with Gasteiger partial charge in [-0.2, -0.15) is 0 Å². The third kappa shape index (κ3) is 5.63. The highest BCUT2D eigenvalue weighted by Gasteiger charge is 2.27. The van der Waals surface area contributed by atoms with Crippen LogP contribution in [-0.2, 0) is 16.3 Å². The van der Waals surface area contributed by atoms with Crippen molar-refractivity contribution in [3.63, 3.8) is 0 Å². The van der Waals surface area contributed by atoms with Gasteiger partial charge in [-0.3, -0.25) is 0 Å². The van der Waals surface area contributed by atoms with Crippen LogP contribution in [0.2, 0.25) is 0 Å². The number of aryl methyl sites for hydroxylation is 1. The van der Waals surface area contributed by atoms with Crippen molar-refractivity contribution in [3.05, 3.63) is 35.6 Å². The average molecular weight is 328 g/mol. The summed E-state index contributed by atoms with van der Waals surface area (Å²) in [5.41, 5.74) is 0.901. The lowest BCUT2D eigenvalue weighted by Crippen LogP contribution is -2.39. The highest BCUT2D eigenvalue weighted by atomic mass is 32.2. The molecule has 0 saturated carbocycles. The molecule has 2 N–H and O–H groups in total. The summed E-state index contributed by atoms with van der Waals surface area (Å²) in [6, 6.07) is 6.12. The Morgan fingerprint density at radius 1 is 1.32 bits per heavy atom. The molecule has 0 spiro atoms. The molecule has 1 saturated heterocycles. The Balaban J connectivity index is 1.58. The van der Waals surface area contributed by atoms with Crippen molar-refractivity contribution >= 4 is 15.9 Å². The second-order valence-corrected chi connectivity index (χ2v) is 7.87. The minimum absolute atomic E-state index is 0.0167. The van der Waals surface area contributed by atoms with Crippen molar-refractivity contribution in [3.8, 4) is 0 Å². The maximum atomic E-state index is 13.0. The van der Waals surface area contributed by atoms with Gasteiger partial charge < -0.3 is 10.6 Å². The van der Waals surface area contributed by atoms with Crippen molar-refractivity contribution in [1.29, 1.82) is 0 Å². The second kappa shape index (κ2) is 7.58. The van der Waals surface area contributed by atoms with E-state index in [1.807, 2.05) is 6.07 Å². The Morgan fingerprint density at radius 3 is 2.82 bits per heavy atom. The van der Waals surface area contributed by atoms with E-state index in [1.54, 1.807) is 6.07 Å². The average Bonchev–Trinajstić information content (AvgIpc) is 2.81. The topological polar surface area (TPSA) is 75.3 Å². The molecule has 1 aliphatic rings. The van der Waals surface area contributed by atoms with Crippen LogP contribution in [0.4, 0.5) is 9.18 Å². The zero-order chi connectivity index (χ0) is 16.0. The normalized spacial score (nSPS) is 19.8. The first kappa shape index (κ1) is 16.7. The molecule has 5 nitrogen and oxygen atoms in total. The molecular formula is C15H21FN2O3S. The van der Waals surface area contributed by atoms with Crippen LogP contribution >= 0.6 is 0 Å². The number of hydrogen-bond donors (Lipinski definition) is 2. The second-order valence-electron chi connectivity index (χ2n) is 5.64. The van der Waals surface area contributed by atoms with E-state index in [4.69, 9.17) is 0 Å². The number of halogens is 1. The summed E-state index contributed by atoms with van der Waals surface area (Å²) >= 11 is 0.